The van der Waals surface area contributed by atoms with Gasteiger partial charge in [0.25, 0.3) is 11.7 Å². The standard InChI is InChI=1S/C24H27NO6/c1-4-14-31-17-11-9-16(10-12-17)21-20(23(27)24(28)25(21)13-15-29-2)22(26)18-7-5-6-8-19(18)30-3/h5-12,21,26H,4,13-15H2,1-3H3/b22-20-. The molecule has 0 spiro atoms. The summed E-state index contributed by atoms with van der Waals surface area (Å²) in [5.74, 6) is -0.582. The van der Waals surface area contributed by atoms with E-state index in [1.165, 1.54) is 19.1 Å². The van der Waals surface area contributed by atoms with Gasteiger partial charge in [0.05, 0.1) is 37.5 Å². The Morgan fingerprint density at radius 3 is 2.39 bits per heavy atom. The second-order valence-electron chi connectivity index (χ2n) is 7.10. The quantitative estimate of drug-likeness (QED) is 0.376. The van der Waals surface area contributed by atoms with Crippen LogP contribution in [-0.4, -0.2) is 55.7 Å². The van der Waals surface area contributed by atoms with Crippen LogP contribution in [0.4, 0.5) is 0 Å². The smallest absolute Gasteiger partial charge is 0.295 e. The third-order valence-corrected chi connectivity index (χ3v) is 5.11. The number of benzene rings is 2. The number of hydrogen-bond acceptors (Lipinski definition) is 6. The van der Waals surface area contributed by atoms with Crippen LogP contribution in [0, 0.1) is 0 Å². The van der Waals surface area contributed by atoms with E-state index in [2.05, 4.69) is 0 Å². The largest absolute Gasteiger partial charge is 0.507 e. The van der Waals surface area contributed by atoms with Crippen molar-refractivity contribution in [2.24, 2.45) is 0 Å². The van der Waals surface area contributed by atoms with E-state index in [4.69, 9.17) is 14.2 Å². The van der Waals surface area contributed by atoms with E-state index in [1.807, 2.05) is 6.92 Å². The van der Waals surface area contributed by atoms with E-state index in [0.717, 1.165) is 6.42 Å². The average Bonchev–Trinajstić information content (AvgIpc) is 3.06. The number of likely N-dealkylation sites (tertiary alicyclic amines) is 1. The second kappa shape index (κ2) is 10.1. The van der Waals surface area contributed by atoms with Crippen molar-refractivity contribution in [3.63, 3.8) is 0 Å². The number of rotatable bonds is 9. The van der Waals surface area contributed by atoms with Crippen molar-refractivity contribution in [3.8, 4) is 11.5 Å². The number of ketones is 1. The lowest BCUT2D eigenvalue weighted by Gasteiger charge is -2.25. The fraction of sp³-hybridized carbons (Fsp3) is 0.333. The van der Waals surface area contributed by atoms with Crippen molar-refractivity contribution in [2.75, 3.05) is 34.0 Å². The molecule has 2 aromatic carbocycles. The lowest BCUT2D eigenvalue weighted by molar-refractivity contribution is -0.140. The summed E-state index contributed by atoms with van der Waals surface area (Å²) < 4.78 is 16.1. The van der Waals surface area contributed by atoms with Gasteiger partial charge in [0.2, 0.25) is 0 Å². The number of aliphatic hydroxyl groups excluding tert-OH is 1. The van der Waals surface area contributed by atoms with Crippen LogP contribution >= 0.6 is 0 Å². The maximum atomic E-state index is 13.0. The molecule has 0 aliphatic carbocycles. The summed E-state index contributed by atoms with van der Waals surface area (Å²) in [5, 5.41) is 11.1. The first-order chi connectivity index (χ1) is 15.0. The Kier molecular flexibility index (Phi) is 7.31. The van der Waals surface area contributed by atoms with Gasteiger partial charge in [-0.3, -0.25) is 9.59 Å². The number of methoxy groups -OCH3 is 2. The van der Waals surface area contributed by atoms with Crippen molar-refractivity contribution in [3.05, 3.63) is 65.2 Å². The van der Waals surface area contributed by atoms with Crippen molar-refractivity contribution >= 4 is 17.4 Å². The summed E-state index contributed by atoms with van der Waals surface area (Å²) >= 11 is 0. The molecule has 164 valence electrons. The highest BCUT2D eigenvalue weighted by molar-refractivity contribution is 6.46. The van der Waals surface area contributed by atoms with Gasteiger partial charge in [-0.15, -0.1) is 0 Å². The molecule has 0 aromatic heterocycles. The minimum atomic E-state index is -0.750. The molecule has 7 nitrogen and oxygen atoms in total. The highest BCUT2D eigenvalue weighted by Gasteiger charge is 2.46. The predicted octanol–water partition coefficient (Wildman–Crippen LogP) is 3.55. The van der Waals surface area contributed by atoms with Crippen LogP contribution in [-0.2, 0) is 14.3 Å². The molecule has 1 fully saturated rings. The number of nitrogens with zero attached hydrogens (tertiary/aromatic N) is 1. The molecule has 1 amide bonds. The van der Waals surface area contributed by atoms with Crippen molar-refractivity contribution in [1.82, 2.24) is 4.90 Å². The van der Waals surface area contributed by atoms with Gasteiger partial charge in [0.1, 0.15) is 17.3 Å². The Hall–Kier alpha value is -3.32. The third kappa shape index (κ3) is 4.56. The van der Waals surface area contributed by atoms with Gasteiger partial charge in [0.15, 0.2) is 0 Å². The number of ether oxygens (including phenoxy) is 3. The first-order valence-electron chi connectivity index (χ1n) is 10.2. The first kappa shape index (κ1) is 22.4. The molecular formula is C24H27NO6. The molecule has 31 heavy (non-hydrogen) atoms. The maximum Gasteiger partial charge on any atom is 0.295 e. The predicted molar refractivity (Wildman–Crippen MR) is 116 cm³/mol. The molecule has 1 heterocycles. The minimum absolute atomic E-state index is 0.0211. The maximum absolute atomic E-state index is 13.0. The summed E-state index contributed by atoms with van der Waals surface area (Å²) in [6, 6.07) is 13.3. The molecule has 1 unspecified atom stereocenters. The van der Waals surface area contributed by atoms with Crippen LogP contribution in [0.5, 0.6) is 11.5 Å². The Morgan fingerprint density at radius 2 is 1.74 bits per heavy atom. The molecule has 1 saturated heterocycles. The number of para-hydroxylation sites is 1. The van der Waals surface area contributed by atoms with E-state index in [0.29, 0.717) is 29.2 Å². The van der Waals surface area contributed by atoms with Gasteiger partial charge in [0, 0.05) is 13.7 Å². The van der Waals surface area contributed by atoms with E-state index in [1.54, 1.807) is 48.5 Å². The van der Waals surface area contributed by atoms with Gasteiger partial charge in [-0.25, -0.2) is 0 Å². The summed E-state index contributed by atoms with van der Waals surface area (Å²) in [6.45, 7) is 3.09. The Balaban J connectivity index is 2.11. The number of aliphatic hydroxyl groups is 1. The number of hydrogen-bond donors (Lipinski definition) is 1. The van der Waals surface area contributed by atoms with Gasteiger partial charge >= 0.3 is 0 Å². The van der Waals surface area contributed by atoms with E-state index < -0.39 is 17.7 Å². The van der Waals surface area contributed by atoms with Crippen molar-refractivity contribution in [1.29, 1.82) is 0 Å². The minimum Gasteiger partial charge on any atom is -0.507 e. The SMILES string of the molecule is CCCOc1ccc(C2/C(=C(/O)c3ccccc3OC)C(=O)C(=O)N2CCOC)cc1. The Bertz CT molecular complexity index is 966. The fourth-order valence-corrected chi connectivity index (χ4v) is 3.60. The normalized spacial score (nSPS) is 17.8. The van der Waals surface area contributed by atoms with Gasteiger partial charge < -0.3 is 24.2 Å². The highest BCUT2D eigenvalue weighted by Crippen LogP contribution is 2.41. The topological polar surface area (TPSA) is 85.3 Å². The van der Waals surface area contributed by atoms with Crippen LogP contribution in [0.25, 0.3) is 5.76 Å². The van der Waals surface area contributed by atoms with Crippen LogP contribution < -0.4 is 9.47 Å². The Labute approximate surface area is 181 Å². The molecule has 0 bridgehead atoms. The number of carbonyl (C=O) groups excluding carboxylic acids is 2. The Morgan fingerprint density at radius 1 is 1.03 bits per heavy atom. The van der Waals surface area contributed by atoms with Crippen LogP contribution in [0.1, 0.15) is 30.5 Å². The van der Waals surface area contributed by atoms with Gasteiger partial charge in [-0.05, 0) is 36.2 Å². The molecule has 7 heteroatoms. The lowest BCUT2D eigenvalue weighted by Crippen LogP contribution is -2.32. The summed E-state index contributed by atoms with van der Waals surface area (Å²) in [6.07, 6.45) is 0.887. The number of amides is 1. The van der Waals surface area contributed by atoms with Gasteiger partial charge in [-0.2, -0.15) is 0 Å². The zero-order chi connectivity index (χ0) is 22.4. The van der Waals surface area contributed by atoms with E-state index in [-0.39, 0.29) is 24.5 Å². The third-order valence-electron chi connectivity index (χ3n) is 5.11. The number of Topliss-reactive ketones (excluding diaryl/α,β-unsaturated/α-hetero) is 1. The van der Waals surface area contributed by atoms with Crippen molar-refractivity contribution in [2.45, 2.75) is 19.4 Å². The molecular weight excluding hydrogens is 398 g/mol. The summed E-state index contributed by atoms with van der Waals surface area (Å²) in [4.78, 5) is 27.2. The van der Waals surface area contributed by atoms with E-state index >= 15 is 0 Å². The molecule has 1 aliphatic rings. The molecule has 1 aliphatic heterocycles. The summed E-state index contributed by atoms with van der Waals surface area (Å²) in [5.41, 5.74) is 1.06. The average molecular weight is 425 g/mol. The zero-order valence-corrected chi connectivity index (χ0v) is 18.0. The molecule has 1 atom stereocenters. The van der Waals surface area contributed by atoms with Crippen molar-refractivity contribution < 1.29 is 28.9 Å². The lowest BCUT2D eigenvalue weighted by atomic mass is 9.95. The monoisotopic (exact) mass is 425 g/mol. The van der Waals surface area contributed by atoms with Gasteiger partial charge in [-0.1, -0.05) is 31.2 Å². The zero-order valence-electron chi connectivity index (χ0n) is 18.0. The summed E-state index contributed by atoms with van der Waals surface area (Å²) in [7, 11) is 3.01. The van der Waals surface area contributed by atoms with Crippen LogP contribution in [0.2, 0.25) is 0 Å². The van der Waals surface area contributed by atoms with E-state index in [9.17, 15) is 14.7 Å². The van der Waals surface area contributed by atoms with Crippen LogP contribution in [0.15, 0.2) is 54.1 Å². The fourth-order valence-electron chi connectivity index (χ4n) is 3.60. The second-order valence-corrected chi connectivity index (χ2v) is 7.10. The van der Waals surface area contributed by atoms with Crippen LogP contribution in [0.3, 0.4) is 0 Å². The molecule has 0 radical (unpaired) electrons. The highest BCUT2D eigenvalue weighted by atomic mass is 16.5. The molecule has 2 aromatic rings. The molecule has 0 saturated carbocycles. The molecule has 3 rings (SSSR count). The number of carbonyl (C=O) groups is 2. The first-order valence-corrected chi connectivity index (χ1v) is 10.2. The molecule has 1 N–H and O–H groups in total.